The van der Waals surface area contributed by atoms with Gasteiger partial charge in [-0.3, -0.25) is 4.90 Å². The van der Waals surface area contributed by atoms with Gasteiger partial charge in [0.05, 0.1) is 12.7 Å². The summed E-state index contributed by atoms with van der Waals surface area (Å²) >= 11 is 6.29. The highest BCUT2D eigenvalue weighted by Gasteiger charge is 2.29. The zero-order valence-electron chi connectivity index (χ0n) is 14.5. The van der Waals surface area contributed by atoms with Gasteiger partial charge in [0.15, 0.2) is 0 Å². The van der Waals surface area contributed by atoms with Crippen LogP contribution in [0.15, 0.2) is 48.5 Å². The number of hydrogen-bond acceptors (Lipinski definition) is 3. The van der Waals surface area contributed by atoms with E-state index in [1.54, 1.807) is 0 Å². The number of nitrogens with one attached hydrogen (secondary N) is 1. The summed E-state index contributed by atoms with van der Waals surface area (Å²) in [6, 6.07) is 17.4. The second-order valence-electron chi connectivity index (χ2n) is 6.90. The molecule has 1 N–H and O–H groups in total. The first-order valence-electron chi connectivity index (χ1n) is 9.21. The zero-order chi connectivity index (χ0) is 17.1. The van der Waals surface area contributed by atoms with E-state index in [4.69, 9.17) is 16.3 Å². The summed E-state index contributed by atoms with van der Waals surface area (Å²) in [5.41, 5.74) is 4.08. The Labute approximate surface area is 154 Å². The highest BCUT2D eigenvalue weighted by Crippen LogP contribution is 2.37. The summed E-state index contributed by atoms with van der Waals surface area (Å²) in [6.07, 6.45) is 2.14. The molecular weight excluding hydrogens is 332 g/mol. The van der Waals surface area contributed by atoms with Crippen LogP contribution in [0, 0.1) is 0 Å². The van der Waals surface area contributed by atoms with Gasteiger partial charge in [0, 0.05) is 37.2 Å². The van der Waals surface area contributed by atoms with Crippen LogP contribution in [0.3, 0.4) is 0 Å². The smallest absolute Gasteiger partial charge is 0.0846 e. The molecule has 0 radical (unpaired) electrons. The van der Waals surface area contributed by atoms with Crippen LogP contribution in [0.4, 0.5) is 0 Å². The van der Waals surface area contributed by atoms with E-state index in [1.165, 1.54) is 16.7 Å². The normalized spacial score (nSPS) is 22.4. The maximum absolute atomic E-state index is 6.29. The molecule has 25 heavy (non-hydrogen) atoms. The summed E-state index contributed by atoms with van der Waals surface area (Å²) < 4.78 is 6.20. The van der Waals surface area contributed by atoms with Crippen LogP contribution in [0.25, 0.3) is 0 Å². The Kier molecular flexibility index (Phi) is 5.37. The lowest BCUT2D eigenvalue weighted by Gasteiger charge is -2.38. The van der Waals surface area contributed by atoms with Crippen molar-refractivity contribution in [1.29, 1.82) is 0 Å². The van der Waals surface area contributed by atoms with Crippen molar-refractivity contribution in [2.75, 3.05) is 32.8 Å². The molecule has 2 aromatic rings. The van der Waals surface area contributed by atoms with Gasteiger partial charge in [-0.05, 0) is 41.7 Å². The minimum Gasteiger partial charge on any atom is -0.373 e. The molecule has 2 unspecified atom stereocenters. The van der Waals surface area contributed by atoms with Crippen LogP contribution >= 0.6 is 11.6 Å². The van der Waals surface area contributed by atoms with Crippen LogP contribution in [-0.4, -0.2) is 37.7 Å². The predicted molar refractivity (Wildman–Crippen MR) is 102 cm³/mol. The predicted octanol–water partition coefficient (Wildman–Crippen LogP) is 3.99. The van der Waals surface area contributed by atoms with E-state index in [1.807, 2.05) is 6.07 Å². The fourth-order valence-electron chi connectivity index (χ4n) is 4.08. The van der Waals surface area contributed by atoms with Crippen molar-refractivity contribution in [3.63, 3.8) is 0 Å². The molecule has 4 heteroatoms. The summed E-state index contributed by atoms with van der Waals surface area (Å²) in [5.74, 6) is 0. The molecule has 2 heterocycles. The number of nitrogens with zero attached hydrogens (tertiary/aromatic N) is 1. The van der Waals surface area contributed by atoms with E-state index < -0.39 is 0 Å². The van der Waals surface area contributed by atoms with Gasteiger partial charge in [0.25, 0.3) is 0 Å². The largest absolute Gasteiger partial charge is 0.373 e. The van der Waals surface area contributed by atoms with E-state index in [9.17, 15) is 0 Å². The molecule has 1 saturated heterocycles. The van der Waals surface area contributed by atoms with Crippen molar-refractivity contribution in [2.45, 2.75) is 25.0 Å². The molecule has 0 saturated carbocycles. The SMILES string of the molecule is Clc1cccc(C(CC2OCCc3ccccc32)N2CCNCC2)c1. The molecule has 3 nitrogen and oxygen atoms in total. The van der Waals surface area contributed by atoms with Gasteiger partial charge in [-0.2, -0.15) is 0 Å². The molecule has 4 rings (SSSR count). The Bertz CT molecular complexity index is 715. The van der Waals surface area contributed by atoms with Crippen molar-refractivity contribution >= 4 is 11.6 Å². The van der Waals surface area contributed by atoms with E-state index in [-0.39, 0.29) is 6.10 Å². The molecule has 0 aliphatic carbocycles. The monoisotopic (exact) mass is 356 g/mol. The average Bonchev–Trinajstić information content (AvgIpc) is 2.67. The number of benzene rings is 2. The lowest BCUT2D eigenvalue weighted by atomic mass is 9.90. The van der Waals surface area contributed by atoms with Gasteiger partial charge in [0.1, 0.15) is 0 Å². The Hall–Kier alpha value is -1.39. The van der Waals surface area contributed by atoms with Crippen molar-refractivity contribution in [3.05, 3.63) is 70.2 Å². The quantitative estimate of drug-likeness (QED) is 0.896. The van der Waals surface area contributed by atoms with Gasteiger partial charge in [-0.25, -0.2) is 0 Å². The summed E-state index contributed by atoms with van der Waals surface area (Å²) in [5, 5.41) is 4.26. The standard InChI is InChI=1S/C21H25ClN2O/c22-18-6-3-5-17(14-18)20(24-11-9-23-10-12-24)15-21-19-7-2-1-4-16(19)8-13-25-21/h1-7,14,20-21,23H,8-13,15H2. The van der Waals surface area contributed by atoms with Crippen molar-refractivity contribution < 1.29 is 4.74 Å². The zero-order valence-corrected chi connectivity index (χ0v) is 15.2. The van der Waals surface area contributed by atoms with Gasteiger partial charge in [0.2, 0.25) is 0 Å². The number of ether oxygens (including phenoxy) is 1. The fraction of sp³-hybridized carbons (Fsp3) is 0.429. The van der Waals surface area contributed by atoms with Gasteiger partial charge in [-0.15, -0.1) is 0 Å². The summed E-state index contributed by atoms with van der Waals surface area (Å²) in [7, 11) is 0. The first-order valence-corrected chi connectivity index (χ1v) is 9.59. The number of piperazine rings is 1. The maximum atomic E-state index is 6.29. The molecule has 2 atom stereocenters. The van der Waals surface area contributed by atoms with Crippen LogP contribution in [0.2, 0.25) is 5.02 Å². The molecule has 1 fully saturated rings. The molecule has 0 aromatic heterocycles. The molecule has 132 valence electrons. The third-order valence-corrected chi connectivity index (χ3v) is 5.59. The fourth-order valence-corrected chi connectivity index (χ4v) is 4.28. The van der Waals surface area contributed by atoms with E-state index in [0.717, 1.165) is 50.7 Å². The third kappa shape index (κ3) is 3.90. The molecular formula is C21H25ClN2O. The average molecular weight is 357 g/mol. The Morgan fingerprint density at radius 2 is 1.96 bits per heavy atom. The number of rotatable bonds is 4. The molecule has 2 aliphatic heterocycles. The van der Waals surface area contributed by atoms with E-state index >= 15 is 0 Å². The van der Waals surface area contributed by atoms with Crippen LogP contribution < -0.4 is 5.32 Å². The van der Waals surface area contributed by atoms with E-state index in [0.29, 0.717) is 6.04 Å². The van der Waals surface area contributed by atoms with Crippen LogP contribution in [-0.2, 0) is 11.2 Å². The highest BCUT2D eigenvalue weighted by atomic mass is 35.5. The molecule has 0 amide bonds. The maximum Gasteiger partial charge on any atom is 0.0846 e. The van der Waals surface area contributed by atoms with Crippen LogP contribution in [0.5, 0.6) is 0 Å². The number of hydrogen-bond donors (Lipinski definition) is 1. The highest BCUT2D eigenvalue weighted by molar-refractivity contribution is 6.30. The minimum absolute atomic E-state index is 0.156. The summed E-state index contributed by atoms with van der Waals surface area (Å²) in [6.45, 7) is 5.01. The molecule has 2 aromatic carbocycles. The molecule has 0 spiro atoms. The Morgan fingerprint density at radius 3 is 2.80 bits per heavy atom. The van der Waals surface area contributed by atoms with Gasteiger partial charge < -0.3 is 10.1 Å². The third-order valence-electron chi connectivity index (χ3n) is 5.36. The molecule has 0 bridgehead atoms. The van der Waals surface area contributed by atoms with Gasteiger partial charge in [-0.1, -0.05) is 48.0 Å². The number of halogens is 1. The van der Waals surface area contributed by atoms with E-state index in [2.05, 4.69) is 52.7 Å². The summed E-state index contributed by atoms with van der Waals surface area (Å²) in [4.78, 5) is 2.57. The topological polar surface area (TPSA) is 24.5 Å². The van der Waals surface area contributed by atoms with Crippen molar-refractivity contribution in [1.82, 2.24) is 10.2 Å². The van der Waals surface area contributed by atoms with Crippen LogP contribution in [0.1, 0.15) is 35.3 Å². The first kappa shape index (κ1) is 17.0. The van der Waals surface area contributed by atoms with Gasteiger partial charge >= 0.3 is 0 Å². The van der Waals surface area contributed by atoms with Crippen molar-refractivity contribution in [3.8, 4) is 0 Å². The molecule has 2 aliphatic rings. The Morgan fingerprint density at radius 1 is 1.12 bits per heavy atom. The first-order chi connectivity index (χ1) is 12.3. The second-order valence-corrected chi connectivity index (χ2v) is 7.34. The number of fused-ring (bicyclic) bond motifs is 1. The second kappa shape index (κ2) is 7.88. The lowest BCUT2D eigenvalue weighted by Crippen LogP contribution is -2.45. The lowest BCUT2D eigenvalue weighted by molar-refractivity contribution is 0.0119. The minimum atomic E-state index is 0.156. The van der Waals surface area contributed by atoms with Crippen molar-refractivity contribution in [2.24, 2.45) is 0 Å². The Balaban J connectivity index is 1.62.